The molecule has 0 radical (unpaired) electrons. The summed E-state index contributed by atoms with van der Waals surface area (Å²) in [7, 11) is -4.04. The van der Waals surface area contributed by atoms with Crippen molar-refractivity contribution in [3.8, 4) is 0 Å². The van der Waals surface area contributed by atoms with Crippen LogP contribution >= 0.6 is 0 Å². The molecule has 1 amide bonds. The highest BCUT2D eigenvalue weighted by molar-refractivity contribution is 7.92. The van der Waals surface area contributed by atoms with Gasteiger partial charge < -0.3 is 5.32 Å². The fourth-order valence-electron chi connectivity index (χ4n) is 2.42. The molecule has 31 heavy (non-hydrogen) atoms. The first-order valence-corrected chi connectivity index (χ1v) is 9.78. The smallest absolute Gasteiger partial charge is 0.264 e. The molecule has 3 aromatic rings. The van der Waals surface area contributed by atoms with Gasteiger partial charge in [-0.1, -0.05) is 0 Å². The van der Waals surface area contributed by atoms with E-state index in [0.29, 0.717) is 0 Å². The molecule has 0 unspecified atom stereocenters. The van der Waals surface area contributed by atoms with E-state index in [4.69, 9.17) is 0 Å². The normalized spacial score (nSPS) is 11.3. The SMILES string of the molecule is O=C(Cc1c(F)c(F)c(F)c(F)c1F)Nc1ccc(S(=O)(=O)Nc2ncccn2)cc1. The highest BCUT2D eigenvalue weighted by Gasteiger charge is 2.27. The van der Waals surface area contributed by atoms with Crippen molar-refractivity contribution in [3.05, 3.63) is 77.4 Å². The number of anilines is 2. The number of hydrogen-bond acceptors (Lipinski definition) is 5. The number of halogens is 5. The number of nitrogens with one attached hydrogen (secondary N) is 2. The molecule has 3 rings (SSSR count). The number of carbonyl (C=O) groups excluding carboxylic acids is 1. The number of carbonyl (C=O) groups is 1. The van der Waals surface area contributed by atoms with Crippen LogP contribution < -0.4 is 10.0 Å². The molecule has 0 bridgehead atoms. The maximum absolute atomic E-state index is 13.7. The molecule has 7 nitrogen and oxygen atoms in total. The monoisotopic (exact) mass is 458 g/mol. The van der Waals surface area contributed by atoms with Crippen LogP contribution in [0.15, 0.2) is 47.6 Å². The van der Waals surface area contributed by atoms with E-state index in [9.17, 15) is 35.2 Å². The fourth-order valence-corrected chi connectivity index (χ4v) is 3.38. The molecule has 2 aromatic carbocycles. The molecule has 1 aromatic heterocycles. The van der Waals surface area contributed by atoms with Crippen LogP contribution in [-0.4, -0.2) is 24.3 Å². The summed E-state index contributed by atoms with van der Waals surface area (Å²) < 4.78 is 93.6. The second-order valence-corrected chi connectivity index (χ2v) is 7.66. The molecule has 162 valence electrons. The standard InChI is InChI=1S/C18H11F5N4O3S/c19-13-11(14(20)16(22)17(23)15(13)21)8-12(28)26-9-2-4-10(5-3-9)31(29,30)27-18-24-6-1-7-25-18/h1-7H,8H2,(H,26,28)(H,24,25,27). The molecule has 0 aliphatic carbocycles. The molecule has 0 aliphatic heterocycles. The van der Waals surface area contributed by atoms with Crippen LogP contribution in [0.4, 0.5) is 33.6 Å². The minimum Gasteiger partial charge on any atom is -0.326 e. The number of hydrogen-bond donors (Lipinski definition) is 2. The van der Waals surface area contributed by atoms with Crippen LogP contribution in [0.3, 0.4) is 0 Å². The van der Waals surface area contributed by atoms with Crippen molar-refractivity contribution < 1.29 is 35.2 Å². The Kier molecular flexibility index (Phi) is 6.15. The van der Waals surface area contributed by atoms with Crippen LogP contribution in [-0.2, 0) is 21.2 Å². The van der Waals surface area contributed by atoms with E-state index in [1.165, 1.54) is 18.5 Å². The van der Waals surface area contributed by atoms with Crippen molar-refractivity contribution >= 4 is 27.6 Å². The van der Waals surface area contributed by atoms with E-state index in [1.807, 2.05) is 0 Å². The molecule has 0 saturated heterocycles. The van der Waals surface area contributed by atoms with Gasteiger partial charge in [-0.3, -0.25) is 4.79 Å². The maximum Gasteiger partial charge on any atom is 0.264 e. The van der Waals surface area contributed by atoms with Crippen LogP contribution in [0, 0.1) is 29.1 Å². The number of benzene rings is 2. The minimum atomic E-state index is -4.04. The molecule has 2 N–H and O–H groups in total. The summed E-state index contributed by atoms with van der Waals surface area (Å²) >= 11 is 0. The number of amides is 1. The number of nitrogens with zero attached hydrogens (tertiary/aromatic N) is 2. The van der Waals surface area contributed by atoms with Gasteiger partial charge in [0.2, 0.25) is 17.7 Å². The molecule has 0 atom stereocenters. The summed E-state index contributed by atoms with van der Waals surface area (Å²) in [4.78, 5) is 19.2. The Bertz CT molecular complexity index is 1210. The molecule has 0 aliphatic rings. The largest absolute Gasteiger partial charge is 0.326 e. The Labute approximate surface area is 172 Å². The third kappa shape index (κ3) is 4.77. The lowest BCUT2D eigenvalue weighted by atomic mass is 10.1. The van der Waals surface area contributed by atoms with Gasteiger partial charge in [0.15, 0.2) is 23.3 Å². The lowest BCUT2D eigenvalue weighted by Crippen LogP contribution is -2.18. The van der Waals surface area contributed by atoms with E-state index in [1.54, 1.807) is 0 Å². The van der Waals surface area contributed by atoms with Crippen molar-refractivity contribution in [1.82, 2.24) is 9.97 Å². The number of aromatic nitrogens is 2. The van der Waals surface area contributed by atoms with Crippen LogP contribution in [0.5, 0.6) is 0 Å². The van der Waals surface area contributed by atoms with E-state index < -0.39 is 57.0 Å². The van der Waals surface area contributed by atoms with Gasteiger partial charge >= 0.3 is 0 Å². The molecule has 1 heterocycles. The molecule has 0 fully saturated rings. The predicted octanol–water partition coefficient (Wildman–Crippen LogP) is 3.15. The zero-order valence-electron chi connectivity index (χ0n) is 15.2. The third-order valence-electron chi connectivity index (χ3n) is 3.88. The number of rotatable bonds is 6. The second kappa shape index (κ2) is 8.63. The molecule has 0 saturated carbocycles. The Balaban J connectivity index is 1.73. The van der Waals surface area contributed by atoms with Crippen LogP contribution in [0.2, 0.25) is 0 Å². The van der Waals surface area contributed by atoms with E-state index in [-0.39, 0.29) is 16.5 Å². The Morgan fingerprint density at radius 1 is 0.839 bits per heavy atom. The summed E-state index contributed by atoms with van der Waals surface area (Å²) in [6.45, 7) is 0. The van der Waals surface area contributed by atoms with Crippen molar-refractivity contribution in [1.29, 1.82) is 0 Å². The van der Waals surface area contributed by atoms with E-state index in [2.05, 4.69) is 20.0 Å². The first-order valence-electron chi connectivity index (χ1n) is 8.30. The highest BCUT2D eigenvalue weighted by Crippen LogP contribution is 2.24. The first-order chi connectivity index (χ1) is 14.6. The topological polar surface area (TPSA) is 101 Å². The van der Waals surface area contributed by atoms with Crippen molar-refractivity contribution in [3.63, 3.8) is 0 Å². The lowest BCUT2D eigenvalue weighted by molar-refractivity contribution is -0.115. The second-order valence-electron chi connectivity index (χ2n) is 5.98. The van der Waals surface area contributed by atoms with Gasteiger partial charge in [-0.25, -0.2) is 45.1 Å². The van der Waals surface area contributed by atoms with Crippen LogP contribution in [0.25, 0.3) is 0 Å². The lowest BCUT2D eigenvalue weighted by Gasteiger charge is -2.10. The first kappa shape index (κ1) is 22.1. The van der Waals surface area contributed by atoms with Gasteiger partial charge in [-0.15, -0.1) is 0 Å². The van der Waals surface area contributed by atoms with E-state index >= 15 is 0 Å². The van der Waals surface area contributed by atoms with Gasteiger partial charge in [0, 0.05) is 23.6 Å². The van der Waals surface area contributed by atoms with Gasteiger partial charge in [-0.2, -0.15) is 0 Å². The zero-order chi connectivity index (χ0) is 22.8. The van der Waals surface area contributed by atoms with Gasteiger partial charge in [0.1, 0.15) is 0 Å². The minimum absolute atomic E-state index is 0.0174. The van der Waals surface area contributed by atoms with Gasteiger partial charge in [-0.05, 0) is 30.3 Å². The Morgan fingerprint density at radius 3 is 1.90 bits per heavy atom. The summed E-state index contributed by atoms with van der Waals surface area (Å²) in [6.07, 6.45) is 1.51. The predicted molar refractivity (Wildman–Crippen MR) is 97.8 cm³/mol. The summed E-state index contributed by atoms with van der Waals surface area (Å²) in [5.74, 6) is -12.1. The van der Waals surface area contributed by atoms with Crippen molar-refractivity contribution in [2.75, 3.05) is 10.0 Å². The molecular formula is C18H11F5N4O3S. The third-order valence-corrected chi connectivity index (χ3v) is 5.22. The zero-order valence-corrected chi connectivity index (χ0v) is 16.0. The van der Waals surface area contributed by atoms with E-state index in [0.717, 1.165) is 24.3 Å². The average molecular weight is 458 g/mol. The summed E-state index contributed by atoms with van der Waals surface area (Å²) in [5.41, 5.74) is -1.27. The van der Waals surface area contributed by atoms with Crippen molar-refractivity contribution in [2.24, 2.45) is 0 Å². The fraction of sp³-hybridized carbons (Fsp3) is 0.0556. The summed E-state index contributed by atoms with van der Waals surface area (Å²) in [5, 5.41) is 2.18. The Hall–Kier alpha value is -3.61. The molecular weight excluding hydrogens is 447 g/mol. The van der Waals surface area contributed by atoms with Gasteiger partial charge in [0.05, 0.1) is 11.3 Å². The number of sulfonamides is 1. The molecule has 0 spiro atoms. The van der Waals surface area contributed by atoms with Crippen molar-refractivity contribution in [2.45, 2.75) is 11.3 Å². The highest BCUT2D eigenvalue weighted by atomic mass is 32.2. The molecule has 13 heteroatoms. The maximum atomic E-state index is 13.7. The quantitative estimate of drug-likeness (QED) is 0.336. The van der Waals surface area contributed by atoms with Gasteiger partial charge in [0.25, 0.3) is 10.0 Å². The van der Waals surface area contributed by atoms with Crippen LogP contribution in [0.1, 0.15) is 5.56 Å². The Morgan fingerprint density at radius 2 is 1.35 bits per heavy atom. The average Bonchev–Trinajstić information content (AvgIpc) is 2.75. The summed E-state index contributed by atoms with van der Waals surface area (Å²) in [6, 6.07) is 6.04.